The van der Waals surface area contributed by atoms with Crippen molar-refractivity contribution in [1.82, 2.24) is 5.32 Å². The smallest absolute Gasteiger partial charge is 0.0944 e. The number of nitriles is 1. The van der Waals surface area contributed by atoms with E-state index in [0.29, 0.717) is 0 Å². The van der Waals surface area contributed by atoms with E-state index in [1.165, 1.54) is 5.57 Å². The largest absolute Gasteiger partial charge is 0.309 e. The summed E-state index contributed by atoms with van der Waals surface area (Å²) in [5, 5.41) is 11.4. The van der Waals surface area contributed by atoms with E-state index in [1.807, 2.05) is 6.92 Å². The minimum Gasteiger partial charge on any atom is -0.309 e. The van der Waals surface area contributed by atoms with Crippen LogP contribution in [0.4, 0.5) is 0 Å². The number of allylic oxidation sites excluding steroid dienone is 1. The lowest BCUT2D eigenvalue weighted by Crippen LogP contribution is -2.34. The summed E-state index contributed by atoms with van der Waals surface area (Å²) in [4.78, 5) is 0. The molecule has 0 aliphatic carbocycles. The molecule has 0 saturated carbocycles. The maximum absolute atomic E-state index is 8.33. The molecule has 1 rings (SSSR count). The Kier molecular flexibility index (Phi) is 1.32. The van der Waals surface area contributed by atoms with Gasteiger partial charge in [0.2, 0.25) is 0 Å². The zero-order valence-corrected chi connectivity index (χ0v) is 4.86. The van der Waals surface area contributed by atoms with Gasteiger partial charge in [0.25, 0.3) is 0 Å². The summed E-state index contributed by atoms with van der Waals surface area (Å²) in [5.41, 5.74) is 2.14. The van der Waals surface area contributed by atoms with Crippen molar-refractivity contribution in [2.75, 3.05) is 13.1 Å². The molecule has 1 fully saturated rings. The summed E-state index contributed by atoms with van der Waals surface area (Å²) in [6, 6.07) is 2.11. The van der Waals surface area contributed by atoms with Crippen LogP contribution in [-0.4, -0.2) is 13.1 Å². The normalized spacial score (nSPS) is 16.8. The Morgan fingerprint density at radius 1 is 1.75 bits per heavy atom. The van der Waals surface area contributed by atoms with Gasteiger partial charge < -0.3 is 5.32 Å². The molecule has 8 heavy (non-hydrogen) atoms. The summed E-state index contributed by atoms with van der Waals surface area (Å²) in [7, 11) is 0. The van der Waals surface area contributed by atoms with E-state index in [-0.39, 0.29) is 0 Å². The lowest BCUT2D eigenvalue weighted by Gasteiger charge is -2.18. The second kappa shape index (κ2) is 1.97. The Morgan fingerprint density at radius 3 is 2.50 bits per heavy atom. The van der Waals surface area contributed by atoms with Crippen LogP contribution in [0.5, 0.6) is 0 Å². The Hall–Kier alpha value is -0.810. The minimum absolute atomic E-state index is 0.878. The Balaban J connectivity index is 2.64. The zero-order chi connectivity index (χ0) is 5.98. The molecule has 0 aromatic heterocycles. The first-order valence-electron chi connectivity index (χ1n) is 2.64. The van der Waals surface area contributed by atoms with Crippen LogP contribution < -0.4 is 5.32 Å². The van der Waals surface area contributed by atoms with E-state index >= 15 is 0 Å². The fourth-order valence-corrected chi connectivity index (χ4v) is 0.594. The second-order valence-corrected chi connectivity index (χ2v) is 1.94. The topological polar surface area (TPSA) is 35.8 Å². The highest BCUT2D eigenvalue weighted by atomic mass is 14.9. The highest BCUT2D eigenvalue weighted by molar-refractivity contribution is 5.31. The molecule has 1 N–H and O–H groups in total. The molecule has 2 heteroatoms. The number of nitrogens with zero attached hydrogens (tertiary/aromatic N) is 1. The van der Waals surface area contributed by atoms with Gasteiger partial charge in [-0.15, -0.1) is 0 Å². The average molecular weight is 108 g/mol. The first-order valence-corrected chi connectivity index (χ1v) is 2.64. The molecule has 0 unspecified atom stereocenters. The van der Waals surface area contributed by atoms with Crippen molar-refractivity contribution < 1.29 is 0 Å². The molecule has 2 nitrogen and oxygen atoms in total. The minimum atomic E-state index is 0.878. The summed E-state index contributed by atoms with van der Waals surface area (Å²) in [5.74, 6) is 0. The molecule has 1 aliphatic heterocycles. The summed E-state index contributed by atoms with van der Waals surface area (Å²) >= 11 is 0. The van der Waals surface area contributed by atoms with Gasteiger partial charge in [-0.3, -0.25) is 0 Å². The van der Waals surface area contributed by atoms with Crippen LogP contribution in [-0.2, 0) is 0 Å². The van der Waals surface area contributed by atoms with Crippen LogP contribution >= 0.6 is 0 Å². The lowest BCUT2D eigenvalue weighted by atomic mass is 10.1. The maximum Gasteiger partial charge on any atom is 0.0944 e. The summed E-state index contributed by atoms with van der Waals surface area (Å²) in [6.45, 7) is 3.69. The molecule has 0 atom stereocenters. The van der Waals surface area contributed by atoms with E-state index in [4.69, 9.17) is 5.26 Å². The third-order valence-electron chi connectivity index (χ3n) is 1.37. The van der Waals surface area contributed by atoms with E-state index in [2.05, 4.69) is 11.4 Å². The molecule has 0 spiro atoms. The SMILES string of the molecule is CC(C#N)=C1CNC1. The van der Waals surface area contributed by atoms with Gasteiger partial charge in [-0.25, -0.2) is 0 Å². The molecule has 1 heterocycles. The molecular formula is C6H8N2. The zero-order valence-electron chi connectivity index (χ0n) is 4.86. The van der Waals surface area contributed by atoms with Crippen LogP contribution in [0, 0.1) is 11.3 Å². The van der Waals surface area contributed by atoms with Crippen LogP contribution in [0.2, 0.25) is 0 Å². The maximum atomic E-state index is 8.33. The highest BCUT2D eigenvalue weighted by Crippen LogP contribution is 2.06. The van der Waals surface area contributed by atoms with E-state index in [1.54, 1.807) is 0 Å². The van der Waals surface area contributed by atoms with Crippen LogP contribution in [0.3, 0.4) is 0 Å². The third kappa shape index (κ3) is 0.728. The number of rotatable bonds is 0. The first kappa shape index (κ1) is 5.33. The fourth-order valence-electron chi connectivity index (χ4n) is 0.594. The van der Waals surface area contributed by atoms with Gasteiger partial charge in [0.15, 0.2) is 0 Å². The number of nitrogens with one attached hydrogen (secondary N) is 1. The fraction of sp³-hybridized carbons (Fsp3) is 0.500. The van der Waals surface area contributed by atoms with E-state index in [9.17, 15) is 0 Å². The van der Waals surface area contributed by atoms with Crippen molar-refractivity contribution in [3.05, 3.63) is 11.1 Å². The molecule has 0 aromatic carbocycles. The highest BCUT2D eigenvalue weighted by Gasteiger charge is 2.09. The van der Waals surface area contributed by atoms with Crippen molar-refractivity contribution in [2.24, 2.45) is 0 Å². The van der Waals surface area contributed by atoms with Crippen molar-refractivity contribution in [1.29, 1.82) is 5.26 Å². The van der Waals surface area contributed by atoms with Crippen LogP contribution in [0.1, 0.15) is 6.92 Å². The van der Waals surface area contributed by atoms with Crippen molar-refractivity contribution in [2.45, 2.75) is 6.92 Å². The second-order valence-electron chi connectivity index (χ2n) is 1.94. The summed E-state index contributed by atoms with van der Waals surface area (Å²) in [6.07, 6.45) is 0. The molecule has 0 bridgehead atoms. The van der Waals surface area contributed by atoms with Crippen molar-refractivity contribution in [3.8, 4) is 6.07 Å². The van der Waals surface area contributed by atoms with Crippen molar-refractivity contribution >= 4 is 0 Å². The van der Waals surface area contributed by atoms with Gasteiger partial charge in [0, 0.05) is 18.7 Å². The third-order valence-corrected chi connectivity index (χ3v) is 1.37. The van der Waals surface area contributed by atoms with E-state index < -0.39 is 0 Å². The first-order chi connectivity index (χ1) is 3.84. The Morgan fingerprint density at radius 2 is 2.38 bits per heavy atom. The molecule has 0 radical (unpaired) electrons. The molecule has 1 aliphatic rings. The number of hydrogen-bond donors (Lipinski definition) is 1. The Labute approximate surface area is 48.8 Å². The molecular weight excluding hydrogens is 100 g/mol. The van der Waals surface area contributed by atoms with Gasteiger partial charge in [-0.05, 0) is 12.5 Å². The Bertz CT molecular complexity index is 156. The molecule has 0 aromatic rings. The van der Waals surface area contributed by atoms with Crippen LogP contribution in [0.25, 0.3) is 0 Å². The standard InChI is InChI=1S/C6H8N2/c1-5(2-7)6-3-8-4-6/h8H,3-4H2,1H3. The predicted octanol–water partition coefficient (Wildman–Crippen LogP) is 0.430. The van der Waals surface area contributed by atoms with Crippen LogP contribution in [0.15, 0.2) is 11.1 Å². The number of hydrogen-bond acceptors (Lipinski definition) is 2. The van der Waals surface area contributed by atoms with Crippen molar-refractivity contribution in [3.63, 3.8) is 0 Å². The average Bonchev–Trinajstić information content (AvgIpc) is 1.62. The monoisotopic (exact) mass is 108 g/mol. The van der Waals surface area contributed by atoms with Gasteiger partial charge in [-0.2, -0.15) is 5.26 Å². The molecule has 0 amide bonds. The molecule has 42 valence electrons. The lowest BCUT2D eigenvalue weighted by molar-refractivity contribution is 0.662. The van der Waals surface area contributed by atoms with E-state index in [0.717, 1.165) is 18.7 Å². The van der Waals surface area contributed by atoms with Gasteiger partial charge in [-0.1, -0.05) is 0 Å². The van der Waals surface area contributed by atoms with Gasteiger partial charge >= 0.3 is 0 Å². The quantitative estimate of drug-likeness (QED) is 0.457. The summed E-state index contributed by atoms with van der Waals surface area (Å²) < 4.78 is 0. The molecule has 1 saturated heterocycles. The predicted molar refractivity (Wildman–Crippen MR) is 31.2 cm³/mol. The van der Waals surface area contributed by atoms with Gasteiger partial charge in [0.1, 0.15) is 0 Å². The van der Waals surface area contributed by atoms with Gasteiger partial charge in [0.05, 0.1) is 6.07 Å².